The SMILES string of the molecule is O=C[C@H](C[C@H](CCOC(=O)c1ccccc1)OCc1ccccc1)OCc1ccccc1. The van der Waals surface area contributed by atoms with Gasteiger partial charge in [0.2, 0.25) is 0 Å². The van der Waals surface area contributed by atoms with Crippen molar-refractivity contribution in [2.24, 2.45) is 0 Å². The number of ether oxygens (including phenoxy) is 3. The molecule has 0 fully saturated rings. The summed E-state index contributed by atoms with van der Waals surface area (Å²) in [6.07, 6.45) is 0.736. The topological polar surface area (TPSA) is 61.8 Å². The molecule has 0 heterocycles. The van der Waals surface area contributed by atoms with Gasteiger partial charge in [-0.1, -0.05) is 78.9 Å². The summed E-state index contributed by atoms with van der Waals surface area (Å²) in [5.74, 6) is -0.375. The van der Waals surface area contributed by atoms with Gasteiger partial charge in [-0.15, -0.1) is 0 Å². The van der Waals surface area contributed by atoms with E-state index in [-0.39, 0.29) is 18.7 Å². The van der Waals surface area contributed by atoms with Crippen molar-refractivity contribution in [3.63, 3.8) is 0 Å². The second-order valence-electron chi connectivity index (χ2n) is 7.42. The molecular formula is C27H28O5. The number of carbonyl (C=O) groups is 2. The average Bonchev–Trinajstić information content (AvgIpc) is 2.86. The van der Waals surface area contributed by atoms with Gasteiger partial charge in [-0.05, 0) is 23.3 Å². The first kappa shape index (κ1) is 23.4. The first-order chi connectivity index (χ1) is 15.7. The lowest BCUT2D eigenvalue weighted by atomic mass is 10.1. The van der Waals surface area contributed by atoms with E-state index in [2.05, 4.69) is 0 Å². The highest BCUT2D eigenvalue weighted by atomic mass is 16.5. The van der Waals surface area contributed by atoms with Crippen LogP contribution >= 0.6 is 0 Å². The summed E-state index contributed by atoms with van der Waals surface area (Å²) < 4.78 is 17.3. The number of rotatable bonds is 13. The predicted octanol–water partition coefficient (Wildman–Crippen LogP) is 4.99. The van der Waals surface area contributed by atoms with E-state index in [9.17, 15) is 9.59 Å². The number of aldehydes is 1. The summed E-state index contributed by atoms with van der Waals surface area (Å²) in [6.45, 7) is 0.943. The van der Waals surface area contributed by atoms with Gasteiger partial charge in [0, 0.05) is 12.8 Å². The molecule has 0 aliphatic carbocycles. The minimum absolute atomic E-state index is 0.192. The third-order valence-electron chi connectivity index (χ3n) is 4.96. The fraction of sp³-hybridized carbons (Fsp3) is 0.259. The summed E-state index contributed by atoms with van der Waals surface area (Å²) in [7, 11) is 0. The quantitative estimate of drug-likeness (QED) is 0.281. The number of benzene rings is 3. The molecule has 0 unspecified atom stereocenters. The molecule has 3 rings (SSSR count). The third-order valence-corrected chi connectivity index (χ3v) is 4.96. The Hall–Kier alpha value is -3.28. The molecule has 2 atom stereocenters. The molecule has 32 heavy (non-hydrogen) atoms. The van der Waals surface area contributed by atoms with Crippen molar-refractivity contribution in [2.75, 3.05) is 6.61 Å². The van der Waals surface area contributed by atoms with Gasteiger partial charge in [-0.2, -0.15) is 0 Å². The van der Waals surface area contributed by atoms with Crippen LogP contribution in [-0.2, 0) is 32.2 Å². The third kappa shape index (κ3) is 8.10. The van der Waals surface area contributed by atoms with E-state index in [0.29, 0.717) is 31.6 Å². The Labute approximate surface area is 188 Å². The largest absolute Gasteiger partial charge is 0.462 e. The predicted molar refractivity (Wildman–Crippen MR) is 122 cm³/mol. The minimum Gasteiger partial charge on any atom is -0.462 e. The fourth-order valence-corrected chi connectivity index (χ4v) is 3.20. The molecule has 0 aliphatic rings. The second-order valence-corrected chi connectivity index (χ2v) is 7.42. The highest BCUT2D eigenvalue weighted by Crippen LogP contribution is 2.15. The van der Waals surface area contributed by atoms with Crippen LogP contribution in [-0.4, -0.2) is 31.1 Å². The van der Waals surface area contributed by atoms with Crippen LogP contribution in [0, 0.1) is 0 Å². The van der Waals surface area contributed by atoms with Gasteiger partial charge in [0.15, 0.2) is 0 Å². The molecule has 0 radical (unpaired) electrons. The van der Waals surface area contributed by atoms with Crippen LogP contribution in [0.15, 0.2) is 91.0 Å². The highest BCUT2D eigenvalue weighted by molar-refractivity contribution is 5.89. The Kier molecular flexibility index (Phi) is 9.65. The Bertz CT molecular complexity index is 928. The highest BCUT2D eigenvalue weighted by Gasteiger charge is 2.19. The molecule has 0 N–H and O–H groups in total. The van der Waals surface area contributed by atoms with E-state index in [1.165, 1.54) is 0 Å². The minimum atomic E-state index is -0.610. The van der Waals surface area contributed by atoms with Crippen molar-refractivity contribution in [1.82, 2.24) is 0 Å². The molecule has 3 aromatic rings. The fourth-order valence-electron chi connectivity index (χ4n) is 3.20. The Morgan fingerprint density at radius 1 is 0.750 bits per heavy atom. The smallest absolute Gasteiger partial charge is 0.338 e. The molecule has 0 bridgehead atoms. The first-order valence-electron chi connectivity index (χ1n) is 10.7. The van der Waals surface area contributed by atoms with Gasteiger partial charge in [0.1, 0.15) is 12.4 Å². The first-order valence-corrected chi connectivity index (χ1v) is 10.7. The van der Waals surface area contributed by atoms with Crippen molar-refractivity contribution in [1.29, 1.82) is 0 Å². The molecule has 3 aromatic carbocycles. The number of esters is 1. The van der Waals surface area contributed by atoms with Gasteiger partial charge >= 0.3 is 5.97 Å². The summed E-state index contributed by atoms with van der Waals surface area (Å²) in [5, 5.41) is 0. The van der Waals surface area contributed by atoms with Crippen LogP contribution in [0.3, 0.4) is 0 Å². The lowest BCUT2D eigenvalue weighted by Crippen LogP contribution is -2.26. The molecule has 0 aromatic heterocycles. The van der Waals surface area contributed by atoms with Gasteiger partial charge in [0.25, 0.3) is 0 Å². The molecule has 166 valence electrons. The maximum atomic E-state index is 12.2. The zero-order chi connectivity index (χ0) is 22.4. The van der Waals surface area contributed by atoms with Crippen LogP contribution in [0.1, 0.15) is 34.3 Å². The van der Waals surface area contributed by atoms with Gasteiger partial charge in [-0.25, -0.2) is 4.79 Å². The van der Waals surface area contributed by atoms with Crippen LogP contribution in [0.4, 0.5) is 0 Å². The molecule has 5 nitrogen and oxygen atoms in total. The molecular weight excluding hydrogens is 404 g/mol. The van der Waals surface area contributed by atoms with Crippen LogP contribution in [0.5, 0.6) is 0 Å². The van der Waals surface area contributed by atoms with E-state index >= 15 is 0 Å². The molecule has 0 spiro atoms. The van der Waals surface area contributed by atoms with E-state index in [1.807, 2.05) is 66.7 Å². The lowest BCUT2D eigenvalue weighted by molar-refractivity contribution is -0.122. The van der Waals surface area contributed by atoms with Gasteiger partial charge < -0.3 is 19.0 Å². The van der Waals surface area contributed by atoms with Crippen molar-refractivity contribution >= 4 is 12.3 Å². The Morgan fingerprint density at radius 3 is 1.84 bits per heavy atom. The molecule has 0 aliphatic heterocycles. The lowest BCUT2D eigenvalue weighted by Gasteiger charge is -2.21. The van der Waals surface area contributed by atoms with Crippen molar-refractivity contribution < 1.29 is 23.8 Å². The maximum Gasteiger partial charge on any atom is 0.338 e. The zero-order valence-electron chi connectivity index (χ0n) is 18.0. The summed E-state index contributed by atoms with van der Waals surface area (Å²) in [4.78, 5) is 23.8. The molecule has 0 amide bonds. The molecule has 0 saturated carbocycles. The van der Waals surface area contributed by atoms with E-state index in [0.717, 1.165) is 17.4 Å². The van der Waals surface area contributed by atoms with Crippen molar-refractivity contribution in [3.8, 4) is 0 Å². The summed E-state index contributed by atoms with van der Waals surface area (Å²) in [6, 6.07) is 28.4. The van der Waals surface area contributed by atoms with Gasteiger partial charge in [-0.3, -0.25) is 0 Å². The van der Waals surface area contributed by atoms with Crippen LogP contribution in [0.25, 0.3) is 0 Å². The van der Waals surface area contributed by atoms with E-state index in [1.54, 1.807) is 24.3 Å². The monoisotopic (exact) mass is 432 g/mol. The Morgan fingerprint density at radius 2 is 1.28 bits per heavy atom. The normalized spacial score (nSPS) is 12.6. The second kappa shape index (κ2) is 13.2. The van der Waals surface area contributed by atoms with E-state index in [4.69, 9.17) is 14.2 Å². The number of carbonyl (C=O) groups excluding carboxylic acids is 2. The average molecular weight is 433 g/mol. The molecule has 0 saturated heterocycles. The summed E-state index contributed by atoms with van der Waals surface area (Å²) >= 11 is 0. The Balaban J connectivity index is 1.54. The maximum absolute atomic E-state index is 12.2. The summed E-state index contributed by atoms with van der Waals surface area (Å²) in [5.41, 5.74) is 2.54. The standard InChI is InChI=1S/C27H28O5/c28-19-26(32-21-23-12-6-2-7-13-23)18-25(31-20-22-10-4-1-5-11-22)16-17-30-27(29)24-14-8-3-9-15-24/h1-15,19,25-26H,16-18,20-21H2/t25-,26-/m0/s1. The van der Waals surface area contributed by atoms with Crippen LogP contribution < -0.4 is 0 Å². The van der Waals surface area contributed by atoms with Crippen LogP contribution in [0.2, 0.25) is 0 Å². The zero-order valence-corrected chi connectivity index (χ0v) is 18.0. The number of hydrogen-bond acceptors (Lipinski definition) is 5. The van der Waals surface area contributed by atoms with Crippen molar-refractivity contribution in [3.05, 3.63) is 108 Å². The van der Waals surface area contributed by atoms with Gasteiger partial charge in [0.05, 0.1) is 31.5 Å². The molecule has 5 heteroatoms. The number of hydrogen-bond donors (Lipinski definition) is 0. The van der Waals surface area contributed by atoms with E-state index < -0.39 is 6.10 Å². The van der Waals surface area contributed by atoms with Crippen molar-refractivity contribution in [2.45, 2.75) is 38.3 Å².